The van der Waals surface area contributed by atoms with E-state index in [4.69, 9.17) is 20.4 Å². The van der Waals surface area contributed by atoms with Crippen LogP contribution < -0.4 is 0 Å². The van der Waals surface area contributed by atoms with Crippen LogP contribution in [-0.4, -0.2) is 33.8 Å². The van der Waals surface area contributed by atoms with Gasteiger partial charge in [0.15, 0.2) is 0 Å². The number of aromatic nitrogens is 2. The number of halogens is 1. The summed E-state index contributed by atoms with van der Waals surface area (Å²) in [5.74, 6) is 2.09. The molecule has 0 aliphatic carbocycles. The van der Waals surface area contributed by atoms with E-state index in [1.54, 1.807) is 24.1 Å². The summed E-state index contributed by atoms with van der Waals surface area (Å²) >= 11 is 7.15. The van der Waals surface area contributed by atoms with Crippen LogP contribution >= 0.6 is 23.4 Å². The average Bonchev–Trinajstić information content (AvgIpc) is 3.21. The Morgan fingerprint density at radius 2 is 2.08 bits per heavy atom. The van der Waals surface area contributed by atoms with Crippen molar-refractivity contribution in [1.29, 1.82) is 0 Å². The van der Waals surface area contributed by atoms with Crippen molar-refractivity contribution in [1.82, 2.24) is 15.1 Å². The average molecular weight is 378 g/mol. The molecule has 0 spiro atoms. The molecular weight excluding hydrogens is 362 g/mol. The summed E-state index contributed by atoms with van der Waals surface area (Å²) in [6, 6.07) is 10.9. The van der Waals surface area contributed by atoms with Crippen molar-refractivity contribution in [3.05, 3.63) is 52.9 Å². The number of benzene rings is 1. The van der Waals surface area contributed by atoms with Crippen LogP contribution in [0.1, 0.15) is 11.5 Å². The van der Waals surface area contributed by atoms with Gasteiger partial charge in [-0.15, -0.1) is 10.2 Å². The number of thioether (sulfide) groups is 1. The highest BCUT2D eigenvalue weighted by atomic mass is 35.5. The first-order chi connectivity index (χ1) is 12.0. The zero-order valence-electron chi connectivity index (χ0n) is 13.7. The van der Waals surface area contributed by atoms with Crippen LogP contribution in [0.4, 0.5) is 0 Å². The van der Waals surface area contributed by atoms with Crippen molar-refractivity contribution in [3.8, 4) is 11.5 Å². The fourth-order valence-electron chi connectivity index (χ4n) is 2.13. The lowest BCUT2D eigenvalue weighted by Gasteiger charge is -2.14. The lowest BCUT2D eigenvalue weighted by molar-refractivity contribution is -0.127. The van der Waals surface area contributed by atoms with E-state index >= 15 is 0 Å². The molecule has 25 heavy (non-hydrogen) atoms. The van der Waals surface area contributed by atoms with E-state index in [1.807, 2.05) is 31.2 Å². The fraction of sp³-hybridized carbons (Fsp3) is 0.235. The molecule has 0 saturated carbocycles. The molecule has 0 saturated heterocycles. The minimum absolute atomic E-state index is 0.0541. The predicted molar refractivity (Wildman–Crippen MR) is 95.4 cm³/mol. The highest BCUT2D eigenvalue weighted by Gasteiger charge is 2.15. The number of amides is 1. The van der Waals surface area contributed by atoms with E-state index < -0.39 is 0 Å². The van der Waals surface area contributed by atoms with Gasteiger partial charge in [0.25, 0.3) is 5.22 Å². The van der Waals surface area contributed by atoms with Gasteiger partial charge in [0.1, 0.15) is 11.5 Å². The van der Waals surface area contributed by atoms with Crippen LogP contribution in [0, 0.1) is 6.92 Å². The molecule has 0 unspecified atom stereocenters. The molecule has 0 bridgehead atoms. The standard InChI is InChI=1S/C17H16ClN3O3S/c1-11-6-7-14(23-11)9-21(2)15(22)10-25-17-20-19-16(24-17)12-4-3-5-13(18)8-12/h3-8H,9-10H2,1-2H3. The Kier molecular flexibility index (Phi) is 5.45. The van der Waals surface area contributed by atoms with Gasteiger partial charge >= 0.3 is 0 Å². The Morgan fingerprint density at radius 3 is 2.80 bits per heavy atom. The van der Waals surface area contributed by atoms with Crippen molar-refractivity contribution in [2.24, 2.45) is 0 Å². The normalized spacial score (nSPS) is 10.8. The summed E-state index contributed by atoms with van der Waals surface area (Å²) in [6.07, 6.45) is 0. The number of hydrogen-bond donors (Lipinski definition) is 0. The van der Waals surface area contributed by atoms with Gasteiger partial charge in [-0.1, -0.05) is 29.4 Å². The van der Waals surface area contributed by atoms with E-state index in [9.17, 15) is 4.79 Å². The van der Waals surface area contributed by atoms with Gasteiger partial charge in [-0.05, 0) is 37.3 Å². The maximum atomic E-state index is 12.2. The van der Waals surface area contributed by atoms with E-state index in [2.05, 4.69) is 10.2 Å². The minimum Gasteiger partial charge on any atom is -0.464 e. The van der Waals surface area contributed by atoms with Gasteiger partial charge in [-0.3, -0.25) is 4.79 Å². The first kappa shape index (κ1) is 17.6. The summed E-state index contributed by atoms with van der Waals surface area (Å²) in [5.41, 5.74) is 0.739. The molecule has 0 N–H and O–H groups in total. The van der Waals surface area contributed by atoms with Gasteiger partial charge < -0.3 is 13.7 Å². The van der Waals surface area contributed by atoms with Crippen molar-refractivity contribution in [3.63, 3.8) is 0 Å². The maximum absolute atomic E-state index is 12.2. The molecule has 8 heteroatoms. The molecule has 0 atom stereocenters. The summed E-state index contributed by atoms with van der Waals surface area (Å²) in [7, 11) is 1.73. The molecule has 6 nitrogen and oxygen atoms in total. The topological polar surface area (TPSA) is 72.4 Å². The molecule has 0 aliphatic heterocycles. The molecule has 0 fully saturated rings. The second-order valence-corrected chi connectivity index (χ2v) is 6.80. The fourth-order valence-corrected chi connectivity index (χ4v) is 3.03. The number of carbonyl (C=O) groups excluding carboxylic acids is 1. The number of nitrogens with zero attached hydrogens (tertiary/aromatic N) is 3. The minimum atomic E-state index is -0.0541. The Hall–Kier alpha value is -2.25. The van der Waals surface area contributed by atoms with Crippen LogP contribution in [0.25, 0.3) is 11.5 Å². The Balaban J connectivity index is 1.55. The molecule has 130 valence electrons. The van der Waals surface area contributed by atoms with Crippen molar-refractivity contribution < 1.29 is 13.6 Å². The number of hydrogen-bond acceptors (Lipinski definition) is 6. The summed E-state index contributed by atoms with van der Waals surface area (Å²) in [6.45, 7) is 2.29. The molecule has 0 aliphatic rings. The monoisotopic (exact) mass is 377 g/mol. The third-order valence-corrected chi connectivity index (χ3v) is 4.45. The highest BCUT2D eigenvalue weighted by Crippen LogP contribution is 2.25. The molecule has 2 heterocycles. The predicted octanol–water partition coefficient (Wildman–Crippen LogP) is 4.04. The highest BCUT2D eigenvalue weighted by molar-refractivity contribution is 7.99. The quantitative estimate of drug-likeness (QED) is 0.603. The number of furan rings is 1. The van der Waals surface area contributed by atoms with Crippen LogP contribution in [0.15, 0.2) is 50.5 Å². The third-order valence-electron chi connectivity index (χ3n) is 3.41. The summed E-state index contributed by atoms with van der Waals surface area (Å²) in [5, 5.41) is 8.87. The Bertz CT molecular complexity index is 877. The van der Waals surface area contributed by atoms with Crippen LogP contribution in [0.2, 0.25) is 5.02 Å². The second-order valence-electron chi connectivity index (χ2n) is 5.43. The Labute approximate surface area is 154 Å². The van der Waals surface area contributed by atoms with Gasteiger partial charge in [0.05, 0.1) is 12.3 Å². The van der Waals surface area contributed by atoms with Crippen molar-refractivity contribution in [2.75, 3.05) is 12.8 Å². The maximum Gasteiger partial charge on any atom is 0.277 e. The van der Waals surface area contributed by atoms with Gasteiger partial charge in [0, 0.05) is 17.6 Å². The largest absolute Gasteiger partial charge is 0.464 e. The van der Waals surface area contributed by atoms with E-state index in [0.29, 0.717) is 22.7 Å². The van der Waals surface area contributed by atoms with Crippen LogP contribution in [0.3, 0.4) is 0 Å². The summed E-state index contributed by atoms with van der Waals surface area (Å²) < 4.78 is 11.0. The first-order valence-corrected chi connectivity index (χ1v) is 8.89. The van der Waals surface area contributed by atoms with Crippen LogP contribution in [-0.2, 0) is 11.3 Å². The van der Waals surface area contributed by atoms with Gasteiger partial charge in [0.2, 0.25) is 11.8 Å². The first-order valence-electron chi connectivity index (χ1n) is 7.53. The molecule has 1 aromatic carbocycles. The zero-order chi connectivity index (χ0) is 17.8. The molecule has 3 aromatic rings. The second kappa shape index (κ2) is 7.76. The van der Waals surface area contributed by atoms with Crippen molar-refractivity contribution in [2.45, 2.75) is 18.7 Å². The third kappa shape index (κ3) is 4.64. The van der Waals surface area contributed by atoms with E-state index in [1.165, 1.54) is 11.8 Å². The molecule has 3 rings (SSSR count). The SMILES string of the molecule is Cc1ccc(CN(C)C(=O)CSc2nnc(-c3cccc(Cl)c3)o2)o1. The summed E-state index contributed by atoms with van der Waals surface area (Å²) in [4.78, 5) is 13.8. The van der Waals surface area contributed by atoms with Gasteiger partial charge in [-0.25, -0.2) is 0 Å². The number of aryl methyl sites for hydroxylation is 1. The van der Waals surface area contributed by atoms with Gasteiger partial charge in [-0.2, -0.15) is 0 Å². The zero-order valence-corrected chi connectivity index (χ0v) is 15.3. The molecule has 1 amide bonds. The van der Waals surface area contributed by atoms with Crippen molar-refractivity contribution >= 4 is 29.3 Å². The molecule has 0 radical (unpaired) electrons. The number of rotatable bonds is 6. The lowest BCUT2D eigenvalue weighted by Crippen LogP contribution is -2.27. The molecular formula is C17H16ClN3O3S. The van der Waals surface area contributed by atoms with E-state index in [0.717, 1.165) is 17.1 Å². The lowest BCUT2D eigenvalue weighted by atomic mass is 10.2. The molecule has 2 aromatic heterocycles. The number of carbonyl (C=O) groups is 1. The smallest absolute Gasteiger partial charge is 0.277 e. The van der Waals surface area contributed by atoms with Crippen LogP contribution in [0.5, 0.6) is 0 Å². The van der Waals surface area contributed by atoms with E-state index in [-0.39, 0.29) is 11.7 Å². The Morgan fingerprint density at radius 1 is 1.24 bits per heavy atom.